The highest BCUT2D eigenvalue weighted by Gasteiger charge is 2.10. The number of fused-ring (bicyclic) bond motifs is 1. The second kappa shape index (κ2) is 3.91. The SMILES string of the molecule is CCc1[nH]c2cc(Cl)c(F)cc2c(=O)c1C. The molecular weight excluding hydrogens is 229 g/mol. The van der Waals surface area contributed by atoms with Gasteiger partial charge in [0.15, 0.2) is 5.43 Å². The molecule has 0 saturated heterocycles. The number of pyridine rings is 1. The van der Waals surface area contributed by atoms with Gasteiger partial charge in [-0.15, -0.1) is 0 Å². The van der Waals surface area contributed by atoms with Gasteiger partial charge in [-0.05, 0) is 25.5 Å². The third-order valence-corrected chi connectivity index (χ3v) is 3.03. The van der Waals surface area contributed by atoms with Crippen LogP contribution < -0.4 is 5.43 Å². The summed E-state index contributed by atoms with van der Waals surface area (Å²) in [7, 11) is 0. The number of rotatable bonds is 1. The Morgan fingerprint density at radius 1 is 1.44 bits per heavy atom. The Kier molecular flexibility index (Phi) is 2.72. The first-order valence-electron chi connectivity index (χ1n) is 5.05. The summed E-state index contributed by atoms with van der Waals surface area (Å²) in [5.74, 6) is -0.566. The first kappa shape index (κ1) is 11.1. The van der Waals surface area contributed by atoms with Crippen LogP contribution in [0.5, 0.6) is 0 Å². The number of halogens is 2. The standard InChI is InChI=1S/C12H11ClFNO/c1-3-10-6(2)12(16)7-4-9(14)8(13)5-11(7)15-10/h4-5H,3H2,1-2H3,(H,15,16). The zero-order valence-electron chi connectivity index (χ0n) is 9.03. The van der Waals surface area contributed by atoms with Crippen molar-refractivity contribution in [2.24, 2.45) is 0 Å². The number of aryl methyl sites for hydroxylation is 1. The van der Waals surface area contributed by atoms with Gasteiger partial charge in [0.05, 0.1) is 10.5 Å². The van der Waals surface area contributed by atoms with Crippen molar-refractivity contribution in [3.63, 3.8) is 0 Å². The van der Waals surface area contributed by atoms with Gasteiger partial charge in [-0.3, -0.25) is 4.79 Å². The normalized spacial score (nSPS) is 11.0. The highest BCUT2D eigenvalue weighted by Crippen LogP contribution is 2.20. The summed E-state index contributed by atoms with van der Waals surface area (Å²) >= 11 is 5.68. The predicted octanol–water partition coefficient (Wildman–Crippen LogP) is 3.19. The van der Waals surface area contributed by atoms with Gasteiger partial charge in [-0.2, -0.15) is 0 Å². The van der Waals surface area contributed by atoms with Gasteiger partial charge >= 0.3 is 0 Å². The van der Waals surface area contributed by atoms with E-state index in [9.17, 15) is 9.18 Å². The minimum Gasteiger partial charge on any atom is -0.358 e. The predicted molar refractivity (Wildman–Crippen MR) is 63.7 cm³/mol. The van der Waals surface area contributed by atoms with Crippen LogP contribution in [-0.2, 0) is 6.42 Å². The van der Waals surface area contributed by atoms with Crippen LogP contribution >= 0.6 is 11.6 Å². The summed E-state index contributed by atoms with van der Waals surface area (Å²) in [6.45, 7) is 3.69. The molecule has 0 aliphatic heterocycles. The van der Waals surface area contributed by atoms with E-state index in [1.54, 1.807) is 6.92 Å². The van der Waals surface area contributed by atoms with Crippen molar-refractivity contribution in [2.75, 3.05) is 0 Å². The molecule has 0 atom stereocenters. The van der Waals surface area contributed by atoms with Crippen LogP contribution in [0.15, 0.2) is 16.9 Å². The number of hydrogen-bond acceptors (Lipinski definition) is 1. The molecule has 1 aromatic heterocycles. The molecule has 2 rings (SSSR count). The maximum Gasteiger partial charge on any atom is 0.192 e. The Bertz CT molecular complexity index is 618. The third-order valence-electron chi connectivity index (χ3n) is 2.74. The number of nitrogens with one attached hydrogen (secondary N) is 1. The Labute approximate surface area is 97.1 Å². The fourth-order valence-corrected chi connectivity index (χ4v) is 1.95. The topological polar surface area (TPSA) is 32.9 Å². The van der Waals surface area contributed by atoms with Gasteiger partial charge in [0.25, 0.3) is 0 Å². The molecule has 84 valence electrons. The van der Waals surface area contributed by atoms with Crippen LogP contribution in [0.1, 0.15) is 18.2 Å². The molecule has 0 radical (unpaired) electrons. The molecule has 0 aliphatic rings. The smallest absolute Gasteiger partial charge is 0.192 e. The van der Waals surface area contributed by atoms with E-state index in [1.807, 2.05) is 6.92 Å². The first-order chi connectivity index (χ1) is 7.54. The van der Waals surface area contributed by atoms with E-state index in [0.717, 1.165) is 12.1 Å². The second-order valence-electron chi connectivity index (χ2n) is 3.72. The molecule has 0 amide bonds. The molecule has 0 aliphatic carbocycles. The molecule has 1 aromatic carbocycles. The quantitative estimate of drug-likeness (QED) is 0.815. The van der Waals surface area contributed by atoms with E-state index < -0.39 is 5.82 Å². The van der Waals surface area contributed by atoms with E-state index in [0.29, 0.717) is 16.5 Å². The minimum atomic E-state index is -0.566. The van der Waals surface area contributed by atoms with Gasteiger partial charge in [0, 0.05) is 16.6 Å². The number of benzene rings is 1. The highest BCUT2D eigenvalue weighted by molar-refractivity contribution is 6.31. The van der Waals surface area contributed by atoms with Gasteiger partial charge in [0.1, 0.15) is 5.82 Å². The molecule has 1 N–H and O–H groups in total. The van der Waals surface area contributed by atoms with E-state index >= 15 is 0 Å². The van der Waals surface area contributed by atoms with Crippen LogP contribution in [0.3, 0.4) is 0 Å². The maximum absolute atomic E-state index is 13.3. The van der Waals surface area contributed by atoms with Gasteiger partial charge in [-0.1, -0.05) is 18.5 Å². The van der Waals surface area contributed by atoms with E-state index in [1.165, 1.54) is 12.1 Å². The lowest BCUT2D eigenvalue weighted by Crippen LogP contribution is -2.11. The van der Waals surface area contributed by atoms with Crippen LogP contribution in [0.4, 0.5) is 4.39 Å². The summed E-state index contributed by atoms with van der Waals surface area (Å²) in [6, 6.07) is 2.63. The largest absolute Gasteiger partial charge is 0.358 e. The summed E-state index contributed by atoms with van der Waals surface area (Å²) in [5, 5.41) is 0.366. The van der Waals surface area contributed by atoms with Crippen molar-refractivity contribution < 1.29 is 4.39 Å². The third kappa shape index (κ3) is 1.61. The molecular formula is C12H11ClFNO. The van der Waals surface area contributed by atoms with Crippen LogP contribution in [-0.4, -0.2) is 4.98 Å². The Morgan fingerprint density at radius 2 is 2.12 bits per heavy atom. The first-order valence-corrected chi connectivity index (χ1v) is 5.43. The molecule has 2 nitrogen and oxygen atoms in total. The summed E-state index contributed by atoms with van der Waals surface area (Å²) in [4.78, 5) is 15.0. The zero-order valence-corrected chi connectivity index (χ0v) is 9.78. The van der Waals surface area contributed by atoms with Crippen LogP contribution in [0.2, 0.25) is 5.02 Å². The van der Waals surface area contributed by atoms with E-state index in [-0.39, 0.29) is 10.5 Å². The minimum absolute atomic E-state index is 0.0223. The van der Waals surface area contributed by atoms with E-state index in [2.05, 4.69) is 4.98 Å². The number of hydrogen-bond donors (Lipinski definition) is 1. The Hall–Kier alpha value is -1.35. The lowest BCUT2D eigenvalue weighted by atomic mass is 10.1. The number of aromatic nitrogens is 1. The molecule has 2 aromatic rings. The molecule has 16 heavy (non-hydrogen) atoms. The number of aromatic amines is 1. The van der Waals surface area contributed by atoms with Crippen molar-refractivity contribution in [1.29, 1.82) is 0 Å². The summed E-state index contributed by atoms with van der Waals surface area (Å²) in [6.07, 6.45) is 0.728. The monoisotopic (exact) mass is 239 g/mol. The Balaban J connectivity index is 2.93. The fourth-order valence-electron chi connectivity index (χ4n) is 1.79. The maximum atomic E-state index is 13.3. The summed E-state index contributed by atoms with van der Waals surface area (Å²) in [5.41, 5.74) is 1.94. The molecule has 0 unspecified atom stereocenters. The molecule has 0 saturated carbocycles. The Morgan fingerprint density at radius 3 is 2.75 bits per heavy atom. The highest BCUT2D eigenvalue weighted by atomic mass is 35.5. The van der Waals surface area contributed by atoms with Crippen molar-refractivity contribution in [1.82, 2.24) is 4.98 Å². The van der Waals surface area contributed by atoms with Crippen molar-refractivity contribution in [2.45, 2.75) is 20.3 Å². The average molecular weight is 240 g/mol. The molecule has 4 heteroatoms. The fraction of sp³-hybridized carbons (Fsp3) is 0.250. The average Bonchev–Trinajstić information content (AvgIpc) is 2.26. The van der Waals surface area contributed by atoms with Crippen LogP contribution in [0, 0.1) is 12.7 Å². The molecule has 0 bridgehead atoms. The molecule has 1 heterocycles. The lowest BCUT2D eigenvalue weighted by Gasteiger charge is -2.06. The second-order valence-corrected chi connectivity index (χ2v) is 4.13. The lowest BCUT2D eigenvalue weighted by molar-refractivity contribution is 0.630. The van der Waals surface area contributed by atoms with Crippen molar-refractivity contribution in [3.05, 3.63) is 44.5 Å². The van der Waals surface area contributed by atoms with Gasteiger partial charge < -0.3 is 4.98 Å². The number of H-pyrrole nitrogens is 1. The molecule has 0 fully saturated rings. The van der Waals surface area contributed by atoms with Crippen molar-refractivity contribution >= 4 is 22.5 Å². The van der Waals surface area contributed by atoms with Crippen LogP contribution in [0.25, 0.3) is 10.9 Å². The van der Waals surface area contributed by atoms with Gasteiger partial charge in [-0.25, -0.2) is 4.39 Å². The summed E-state index contributed by atoms with van der Waals surface area (Å²) < 4.78 is 13.3. The molecule has 0 spiro atoms. The van der Waals surface area contributed by atoms with Crippen molar-refractivity contribution in [3.8, 4) is 0 Å². The zero-order chi connectivity index (χ0) is 11.9. The van der Waals surface area contributed by atoms with E-state index in [4.69, 9.17) is 11.6 Å². The van der Waals surface area contributed by atoms with Gasteiger partial charge in [0.2, 0.25) is 0 Å².